The summed E-state index contributed by atoms with van der Waals surface area (Å²) < 4.78 is 5.06. The van der Waals surface area contributed by atoms with Crippen molar-refractivity contribution in [2.45, 2.75) is 26.2 Å². The summed E-state index contributed by atoms with van der Waals surface area (Å²) in [5.74, 6) is 1.63. The van der Waals surface area contributed by atoms with Crippen LogP contribution in [-0.2, 0) is 6.42 Å². The van der Waals surface area contributed by atoms with E-state index in [0.717, 1.165) is 18.2 Å². The Morgan fingerprint density at radius 1 is 1.62 bits per heavy atom. The number of hydrogen-bond acceptors (Lipinski definition) is 1. The third-order valence-electron chi connectivity index (χ3n) is 3.01. The molecule has 0 amide bonds. The fraction of sp³-hybridized carbons (Fsp3) is 0.636. The molecule has 13 heavy (non-hydrogen) atoms. The molecule has 1 aromatic rings. The Balaban J connectivity index is 2.00. The summed E-state index contributed by atoms with van der Waals surface area (Å²) >= 11 is 6.01. The molecule has 0 aromatic carbocycles. The van der Waals surface area contributed by atoms with Gasteiger partial charge in [-0.1, -0.05) is 6.92 Å². The lowest BCUT2D eigenvalue weighted by atomic mass is 9.61. The molecule has 0 atom stereocenters. The summed E-state index contributed by atoms with van der Waals surface area (Å²) in [6, 6.07) is 2.04. The van der Waals surface area contributed by atoms with E-state index < -0.39 is 0 Å². The quantitative estimate of drug-likeness (QED) is 0.678. The smallest absolute Gasteiger partial charge is 0.0934 e. The summed E-state index contributed by atoms with van der Waals surface area (Å²) in [5.41, 5.74) is 1.65. The van der Waals surface area contributed by atoms with Crippen LogP contribution in [0.15, 0.2) is 23.0 Å². The molecule has 0 N–H and O–H groups in total. The van der Waals surface area contributed by atoms with E-state index >= 15 is 0 Å². The van der Waals surface area contributed by atoms with E-state index in [9.17, 15) is 0 Å². The first-order valence-corrected chi connectivity index (χ1v) is 5.35. The van der Waals surface area contributed by atoms with Gasteiger partial charge in [-0.25, -0.2) is 0 Å². The van der Waals surface area contributed by atoms with Gasteiger partial charge in [-0.2, -0.15) is 0 Å². The van der Waals surface area contributed by atoms with Gasteiger partial charge < -0.3 is 4.42 Å². The molecule has 0 aliphatic heterocycles. The monoisotopic (exact) mass is 198 g/mol. The molecule has 1 saturated carbocycles. The van der Waals surface area contributed by atoms with Gasteiger partial charge in [-0.05, 0) is 42.2 Å². The largest absolute Gasteiger partial charge is 0.472 e. The molecule has 1 heterocycles. The fourth-order valence-corrected chi connectivity index (χ4v) is 2.86. The van der Waals surface area contributed by atoms with Gasteiger partial charge in [0.15, 0.2) is 0 Å². The standard InChI is InChI=1S/C11H15ClO/c1-9-4-11(5-9,8-12)6-10-2-3-13-7-10/h2-3,7,9H,4-6,8H2,1H3. The molecule has 0 radical (unpaired) electrons. The average Bonchev–Trinajstić information content (AvgIpc) is 2.53. The highest BCUT2D eigenvalue weighted by Crippen LogP contribution is 2.48. The van der Waals surface area contributed by atoms with E-state index in [1.54, 1.807) is 6.26 Å². The number of rotatable bonds is 3. The fourth-order valence-electron chi connectivity index (χ4n) is 2.55. The maximum atomic E-state index is 6.01. The summed E-state index contributed by atoms with van der Waals surface area (Å²) in [7, 11) is 0. The van der Waals surface area contributed by atoms with Crippen molar-refractivity contribution in [2.24, 2.45) is 11.3 Å². The molecule has 1 aromatic heterocycles. The molecular weight excluding hydrogens is 184 g/mol. The molecule has 2 heteroatoms. The number of hydrogen-bond donors (Lipinski definition) is 0. The van der Waals surface area contributed by atoms with Crippen LogP contribution >= 0.6 is 11.6 Å². The second-order valence-corrected chi connectivity index (χ2v) is 4.72. The number of furan rings is 1. The van der Waals surface area contributed by atoms with Crippen LogP contribution in [0.5, 0.6) is 0 Å². The van der Waals surface area contributed by atoms with Gasteiger partial charge in [0.05, 0.1) is 12.5 Å². The highest BCUT2D eigenvalue weighted by molar-refractivity contribution is 6.18. The normalized spacial score (nSPS) is 32.9. The van der Waals surface area contributed by atoms with Gasteiger partial charge in [0.2, 0.25) is 0 Å². The Bertz CT molecular complexity index is 260. The molecule has 72 valence electrons. The van der Waals surface area contributed by atoms with Crippen molar-refractivity contribution in [3.8, 4) is 0 Å². The minimum absolute atomic E-state index is 0.366. The maximum absolute atomic E-state index is 6.01. The number of halogens is 1. The summed E-state index contributed by atoms with van der Waals surface area (Å²) in [5, 5.41) is 0. The van der Waals surface area contributed by atoms with E-state index in [0.29, 0.717) is 5.41 Å². The first kappa shape index (κ1) is 9.14. The van der Waals surface area contributed by atoms with Crippen LogP contribution in [0.3, 0.4) is 0 Å². The van der Waals surface area contributed by atoms with Crippen molar-refractivity contribution in [2.75, 3.05) is 5.88 Å². The van der Waals surface area contributed by atoms with Crippen LogP contribution in [0.2, 0.25) is 0 Å². The van der Waals surface area contributed by atoms with Crippen molar-refractivity contribution in [3.63, 3.8) is 0 Å². The van der Waals surface area contributed by atoms with Crippen molar-refractivity contribution < 1.29 is 4.42 Å². The van der Waals surface area contributed by atoms with Crippen molar-refractivity contribution in [3.05, 3.63) is 24.2 Å². The SMILES string of the molecule is CC1CC(CCl)(Cc2ccoc2)C1. The first-order valence-electron chi connectivity index (χ1n) is 4.81. The minimum atomic E-state index is 0.366. The Labute approximate surface area is 84.1 Å². The molecule has 1 fully saturated rings. The van der Waals surface area contributed by atoms with E-state index in [1.165, 1.54) is 18.4 Å². The molecule has 1 aliphatic rings. The van der Waals surface area contributed by atoms with E-state index in [4.69, 9.17) is 16.0 Å². The lowest BCUT2D eigenvalue weighted by Gasteiger charge is -2.45. The molecule has 2 rings (SSSR count). The van der Waals surface area contributed by atoms with Crippen molar-refractivity contribution in [1.82, 2.24) is 0 Å². The topological polar surface area (TPSA) is 13.1 Å². The van der Waals surface area contributed by atoms with E-state index in [1.807, 2.05) is 12.3 Å². The van der Waals surface area contributed by atoms with Gasteiger partial charge in [0.25, 0.3) is 0 Å². The Morgan fingerprint density at radius 3 is 2.85 bits per heavy atom. The third-order valence-corrected chi connectivity index (χ3v) is 3.57. The van der Waals surface area contributed by atoms with Crippen LogP contribution in [0, 0.1) is 11.3 Å². The second kappa shape index (κ2) is 3.38. The Kier molecular flexibility index (Phi) is 2.37. The summed E-state index contributed by atoms with van der Waals surface area (Å²) in [4.78, 5) is 0. The zero-order valence-electron chi connectivity index (χ0n) is 7.92. The first-order chi connectivity index (χ1) is 6.24. The molecule has 0 bridgehead atoms. The molecule has 0 spiro atoms. The van der Waals surface area contributed by atoms with E-state index in [-0.39, 0.29) is 0 Å². The molecule has 1 aliphatic carbocycles. The van der Waals surface area contributed by atoms with Crippen LogP contribution in [0.25, 0.3) is 0 Å². The Morgan fingerprint density at radius 2 is 2.38 bits per heavy atom. The van der Waals surface area contributed by atoms with Crippen LogP contribution in [-0.4, -0.2) is 5.88 Å². The van der Waals surface area contributed by atoms with Crippen LogP contribution in [0.1, 0.15) is 25.3 Å². The van der Waals surface area contributed by atoms with Crippen molar-refractivity contribution >= 4 is 11.6 Å². The van der Waals surface area contributed by atoms with Gasteiger partial charge in [-0.15, -0.1) is 11.6 Å². The van der Waals surface area contributed by atoms with Gasteiger partial charge >= 0.3 is 0 Å². The predicted octanol–water partition coefficient (Wildman–Crippen LogP) is 3.48. The van der Waals surface area contributed by atoms with Gasteiger partial charge in [-0.3, -0.25) is 0 Å². The summed E-state index contributed by atoms with van der Waals surface area (Å²) in [6.45, 7) is 2.29. The lowest BCUT2D eigenvalue weighted by molar-refractivity contribution is 0.0923. The minimum Gasteiger partial charge on any atom is -0.472 e. The molecular formula is C11H15ClO. The molecule has 0 unspecified atom stereocenters. The third kappa shape index (κ3) is 1.76. The average molecular weight is 199 g/mol. The summed E-state index contributed by atoms with van der Waals surface area (Å²) in [6.07, 6.45) is 7.18. The van der Waals surface area contributed by atoms with Crippen LogP contribution < -0.4 is 0 Å². The number of alkyl halides is 1. The molecule has 1 nitrogen and oxygen atoms in total. The Hall–Kier alpha value is -0.430. The van der Waals surface area contributed by atoms with Gasteiger partial charge in [0, 0.05) is 5.88 Å². The second-order valence-electron chi connectivity index (χ2n) is 4.46. The predicted molar refractivity (Wildman–Crippen MR) is 54.0 cm³/mol. The lowest BCUT2D eigenvalue weighted by Crippen LogP contribution is -2.39. The maximum Gasteiger partial charge on any atom is 0.0934 e. The van der Waals surface area contributed by atoms with Crippen molar-refractivity contribution in [1.29, 1.82) is 0 Å². The van der Waals surface area contributed by atoms with Gasteiger partial charge in [0.1, 0.15) is 0 Å². The highest BCUT2D eigenvalue weighted by Gasteiger charge is 2.41. The highest BCUT2D eigenvalue weighted by atomic mass is 35.5. The van der Waals surface area contributed by atoms with Crippen LogP contribution in [0.4, 0.5) is 0 Å². The zero-order valence-corrected chi connectivity index (χ0v) is 8.68. The van der Waals surface area contributed by atoms with E-state index in [2.05, 4.69) is 6.92 Å². The zero-order chi connectivity index (χ0) is 9.31. The molecule has 0 saturated heterocycles.